The molecule has 0 fully saturated rings. The Hall–Kier alpha value is -1.59. The second-order valence-electron chi connectivity index (χ2n) is 3.74. The molecule has 0 spiro atoms. The quantitative estimate of drug-likeness (QED) is 0.858. The summed E-state index contributed by atoms with van der Waals surface area (Å²) in [6.07, 6.45) is 0. The zero-order valence-electron chi connectivity index (χ0n) is 9.45. The number of anilines is 1. The van der Waals surface area contributed by atoms with Crippen molar-refractivity contribution in [2.45, 2.75) is 0 Å². The predicted octanol–water partition coefficient (Wildman–Crippen LogP) is 4.20. The van der Waals surface area contributed by atoms with Crippen LogP contribution >= 0.6 is 27.5 Å². The molecule has 19 heavy (non-hydrogen) atoms. The molecule has 0 atom stereocenters. The van der Waals surface area contributed by atoms with Crippen LogP contribution in [0.15, 0.2) is 40.9 Å². The highest BCUT2D eigenvalue weighted by Gasteiger charge is 2.13. The van der Waals surface area contributed by atoms with E-state index >= 15 is 0 Å². The molecular formula is C13H8BrClFNO2. The molecule has 2 aromatic rings. The first-order valence-corrected chi connectivity index (χ1v) is 6.39. The van der Waals surface area contributed by atoms with Gasteiger partial charge < -0.3 is 10.4 Å². The van der Waals surface area contributed by atoms with Crippen LogP contribution in [0.1, 0.15) is 10.4 Å². The lowest BCUT2D eigenvalue weighted by Crippen LogP contribution is -2.12. The molecule has 0 aliphatic rings. The van der Waals surface area contributed by atoms with E-state index < -0.39 is 17.5 Å². The normalized spacial score (nSPS) is 10.3. The summed E-state index contributed by atoms with van der Waals surface area (Å²) in [6.45, 7) is 0. The molecule has 0 aliphatic heterocycles. The van der Waals surface area contributed by atoms with Crippen molar-refractivity contribution >= 4 is 39.1 Å². The molecule has 3 nitrogen and oxygen atoms in total. The number of hydrogen-bond donors (Lipinski definition) is 2. The van der Waals surface area contributed by atoms with Crippen LogP contribution in [0.25, 0.3) is 0 Å². The second kappa shape index (κ2) is 5.59. The fourth-order valence-corrected chi connectivity index (χ4v) is 2.01. The van der Waals surface area contributed by atoms with Gasteiger partial charge in [0.05, 0.1) is 16.3 Å². The minimum absolute atomic E-state index is 0.0301. The maximum Gasteiger partial charge on any atom is 0.259 e. The van der Waals surface area contributed by atoms with Crippen LogP contribution in [-0.2, 0) is 0 Å². The molecule has 0 saturated heterocycles. The number of phenolic OH excluding ortho intramolecular Hbond substituents is 1. The van der Waals surface area contributed by atoms with Crippen LogP contribution in [0.3, 0.4) is 0 Å². The highest BCUT2D eigenvalue weighted by atomic mass is 79.9. The first-order valence-electron chi connectivity index (χ1n) is 5.22. The molecule has 98 valence electrons. The van der Waals surface area contributed by atoms with Crippen molar-refractivity contribution in [2.75, 3.05) is 5.32 Å². The Balaban J connectivity index is 2.28. The third kappa shape index (κ3) is 3.24. The van der Waals surface area contributed by atoms with Crippen LogP contribution in [0.4, 0.5) is 10.1 Å². The summed E-state index contributed by atoms with van der Waals surface area (Å²) in [6, 6.07) is 8.14. The number of aromatic hydroxyl groups is 1. The lowest BCUT2D eigenvalue weighted by atomic mass is 10.2. The molecule has 1 amide bonds. The van der Waals surface area contributed by atoms with E-state index in [0.717, 1.165) is 16.6 Å². The third-order valence-corrected chi connectivity index (χ3v) is 3.20. The van der Waals surface area contributed by atoms with Crippen LogP contribution in [-0.4, -0.2) is 11.0 Å². The van der Waals surface area contributed by atoms with Crippen molar-refractivity contribution in [1.82, 2.24) is 0 Å². The summed E-state index contributed by atoms with van der Waals surface area (Å²) in [7, 11) is 0. The summed E-state index contributed by atoms with van der Waals surface area (Å²) in [5, 5.41) is 12.4. The summed E-state index contributed by atoms with van der Waals surface area (Å²) < 4.78 is 13.6. The topological polar surface area (TPSA) is 49.3 Å². The number of hydrogen-bond acceptors (Lipinski definition) is 2. The van der Waals surface area contributed by atoms with E-state index in [9.17, 15) is 14.3 Å². The van der Waals surface area contributed by atoms with E-state index in [0.29, 0.717) is 10.7 Å². The molecule has 0 unspecified atom stereocenters. The Bertz CT molecular complexity index is 649. The molecular weight excluding hydrogens is 337 g/mol. The van der Waals surface area contributed by atoms with Crippen LogP contribution in [0, 0.1) is 5.82 Å². The van der Waals surface area contributed by atoms with E-state index in [1.165, 1.54) is 6.07 Å². The van der Waals surface area contributed by atoms with Crippen molar-refractivity contribution in [3.05, 3.63) is 57.3 Å². The van der Waals surface area contributed by atoms with E-state index in [2.05, 4.69) is 21.2 Å². The van der Waals surface area contributed by atoms with Gasteiger partial charge >= 0.3 is 0 Å². The van der Waals surface area contributed by atoms with E-state index in [-0.39, 0.29) is 5.56 Å². The fraction of sp³-hybridized carbons (Fsp3) is 0. The first-order chi connectivity index (χ1) is 8.97. The number of carbonyl (C=O) groups excluding carboxylic acids is 1. The van der Waals surface area contributed by atoms with Crippen molar-refractivity contribution in [2.24, 2.45) is 0 Å². The maximum atomic E-state index is 12.8. The fourth-order valence-electron chi connectivity index (χ4n) is 1.48. The molecule has 0 radical (unpaired) electrons. The summed E-state index contributed by atoms with van der Waals surface area (Å²) in [5.41, 5.74) is 0.363. The van der Waals surface area contributed by atoms with Gasteiger partial charge in [0.15, 0.2) is 0 Å². The number of benzene rings is 2. The summed E-state index contributed by atoms with van der Waals surface area (Å²) in [5.74, 6) is -1.62. The zero-order chi connectivity index (χ0) is 14.0. The van der Waals surface area contributed by atoms with Crippen molar-refractivity contribution in [3.8, 4) is 5.75 Å². The Kier molecular flexibility index (Phi) is 4.07. The molecule has 2 rings (SSSR count). The first kappa shape index (κ1) is 13.8. The van der Waals surface area contributed by atoms with Crippen molar-refractivity contribution in [1.29, 1.82) is 0 Å². The Labute approximate surface area is 122 Å². The second-order valence-corrected chi connectivity index (χ2v) is 5.06. The maximum absolute atomic E-state index is 12.8. The van der Waals surface area contributed by atoms with Gasteiger partial charge in [-0.3, -0.25) is 4.79 Å². The smallest absolute Gasteiger partial charge is 0.259 e. The van der Waals surface area contributed by atoms with Crippen LogP contribution < -0.4 is 5.32 Å². The molecule has 0 heterocycles. The van der Waals surface area contributed by atoms with E-state index in [1.807, 2.05) is 0 Å². The average Bonchev–Trinajstić information content (AvgIpc) is 2.33. The molecule has 0 saturated carbocycles. The Morgan fingerprint density at radius 2 is 2.00 bits per heavy atom. The SMILES string of the molecule is O=C(Nc1cc(Br)ccc1Cl)c1ccc(F)cc1O. The third-order valence-electron chi connectivity index (χ3n) is 2.38. The van der Waals surface area contributed by atoms with Crippen LogP contribution in [0.5, 0.6) is 5.75 Å². The van der Waals surface area contributed by atoms with Gasteiger partial charge in [-0.25, -0.2) is 4.39 Å². The molecule has 0 aromatic heterocycles. The van der Waals surface area contributed by atoms with Gasteiger partial charge in [0.25, 0.3) is 5.91 Å². The van der Waals surface area contributed by atoms with Crippen LogP contribution in [0.2, 0.25) is 5.02 Å². The summed E-state index contributed by atoms with van der Waals surface area (Å²) in [4.78, 5) is 11.9. The Morgan fingerprint density at radius 1 is 1.26 bits per heavy atom. The van der Waals surface area contributed by atoms with Crippen molar-refractivity contribution < 1.29 is 14.3 Å². The highest BCUT2D eigenvalue weighted by molar-refractivity contribution is 9.10. The number of phenols is 1. The van der Waals surface area contributed by atoms with Gasteiger partial charge in [-0.1, -0.05) is 27.5 Å². The average molecular weight is 345 g/mol. The van der Waals surface area contributed by atoms with Crippen molar-refractivity contribution in [3.63, 3.8) is 0 Å². The van der Waals surface area contributed by atoms with E-state index in [4.69, 9.17) is 11.6 Å². The molecule has 0 bridgehead atoms. The minimum Gasteiger partial charge on any atom is -0.507 e. The largest absolute Gasteiger partial charge is 0.507 e. The lowest BCUT2D eigenvalue weighted by Gasteiger charge is -2.09. The number of nitrogens with one attached hydrogen (secondary N) is 1. The number of halogens is 3. The highest BCUT2D eigenvalue weighted by Crippen LogP contribution is 2.27. The minimum atomic E-state index is -0.616. The molecule has 2 N–H and O–H groups in total. The van der Waals surface area contributed by atoms with Gasteiger partial charge in [0.1, 0.15) is 11.6 Å². The number of amides is 1. The predicted molar refractivity (Wildman–Crippen MR) is 75.2 cm³/mol. The molecule has 6 heteroatoms. The Morgan fingerprint density at radius 3 is 2.68 bits per heavy atom. The number of rotatable bonds is 2. The standard InChI is InChI=1S/C13H8BrClFNO2/c14-7-1-4-10(15)11(5-7)17-13(19)9-3-2-8(16)6-12(9)18/h1-6,18H,(H,17,19). The number of carbonyl (C=O) groups is 1. The lowest BCUT2D eigenvalue weighted by molar-refractivity contribution is 0.102. The van der Waals surface area contributed by atoms with E-state index in [1.54, 1.807) is 18.2 Å². The molecule has 2 aromatic carbocycles. The zero-order valence-corrected chi connectivity index (χ0v) is 11.8. The van der Waals surface area contributed by atoms with Gasteiger partial charge in [-0.15, -0.1) is 0 Å². The monoisotopic (exact) mass is 343 g/mol. The van der Waals surface area contributed by atoms with Gasteiger partial charge in [0, 0.05) is 10.5 Å². The van der Waals surface area contributed by atoms with Gasteiger partial charge in [-0.2, -0.15) is 0 Å². The molecule has 0 aliphatic carbocycles. The van der Waals surface area contributed by atoms with Gasteiger partial charge in [-0.05, 0) is 30.3 Å². The summed E-state index contributed by atoms with van der Waals surface area (Å²) >= 11 is 9.19. The van der Waals surface area contributed by atoms with Gasteiger partial charge in [0.2, 0.25) is 0 Å².